The molecule has 0 atom stereocenters. The monoisotopic (exact) mass is 242 g/mol. The maximum absolute atomic E-state index is 13.2. The molecule has 92 valence electrons. The molecule has 7 heteroatoms. The lowest BCUT2D eigenvalue weighted by Crippen LogP contribution is -2.27. The second-order valence-corrected chi connectivity index (χ2v) is 3.17. The molecule has 0 heterocycles. The molecule has 0 aromatic heterocycles. The molecule has 0 fully saturated rings. The van der Waals surface area contributed by atoms with Crippen molar-refractivity contribution in [1.82, 2.24) is 5.32 Å². The van der Waals surface area contributed by atoms with Crippen LogP contribution < -0.4 is 5.32 Å². The van der Waals surface area contributed by atoms with Gasteiger partial charge >= 0.3 is 5.69 Å². The zero-order valence-electron chi connectivity index (χ0n) is 9.10. The molecule has 1 aromatic carbocycles. The number of methoxy groups -OCH3 is 1. The van der Waals surface area contributed by atoms with E-state index in [1.807, 2.05) is 0 Å². The van der Waals surface area contributed by atoms with E-state index in [2.05, 4.69) is 5.32 Å². The lowest BCUT2D eigenvalue weighted by atomic mass is 10.2. The van der Waals surface area contributed by atoms with E-state index in [-0.39, 0.29) is 12.1 Å². The summed E-state index contributed by atoms with van der Waals surface area (Å²) >= 11 is 0. The number of hydrogen-bond donors (Lipinski definition) is 1. The summed E-state index contributed by atoms with van der Waals surface area (Å²) in [5, 5.41) is 12.8. The topological polar surface area (TPSA) is 81.5 Å². The molecule has 0 unspecified atom stereocenters. The van der Waals surface area contributed by atoms with Gasteiger partial charge in [0.15, 0.2) is 0 Å². The van der Waals surface area contributed by atoms with Crippen LogP contribution in [-0.2, 0) is 4.74 Å². The lowest BCUT2D eigenvalue weighted by Gasteiger charge is -2.04. The largest absolute Gasteiger partial charge is 0.383 e. The van der Waals surface area contributed by atoms with Crippen LogP contribution in [0.2, 0.25) is 0 Å². The Morgan fingerprint density at radius 2 is 2.29 bits per heavy atom. The number of rotatable bonds is 5. The highest BCUT2D eigenvalue weighted by molar-refractivity contribution is 5.94. The van der Waals surface area contributed by atoms with Crippen LogP contribution in [0.3, 0.4) is 0 Å². The third kappa shape index (κ3) is 3.49. The second kappa shape index (κ2) is 5.90. The SMILES string of the molecule is COCCNC(=O)c1ccc([N+](=O)[O-])c(F)c1. The first-order valence-electron chi connectivity index (χ1n) is 4.77. The van der Waals surface area contributed by atoms with Gasteiger partial charge in [0.1, 0.15) is 0 Å². The second-order valence-electron chi connectivity index (χ2n) is 3.17. The van der Waals surface area contributed by atoms with Gasteiger partial charge < -0.3 is 10.1 Å². The number of nitro benzene ring substituents is 1. The standard InChI is InChI=1S/C10H11FN2O4/c1-17-5-4-12-10(14)7-2-3-9(13(15)16)8(11)6-7/h2-3,6H,4-5H2,1H3,(H,12,14). The van der Waals surface area contributed by atoms with E-state index in [1.165, 1.54) is 13.2 Å². The minimum atomic E-state index is -1.03. The Morgan fingerprint density at radius 1 is 1.59 bits per heavy atom. The maximum atomic E-state index is 13.2. The van der Waals surface area contributed by atoms with Crippen molar-refractivity contribution in [3.05, 3.63) is 39.7 Å². The van der Waals surface area contributed by atoms with Gasteiger partial charge in [0.05, 0.1) is 11.5 Å². The van der Waals surface area contributed by atoms with Crippen LogP contribution in [0, 0.1) is 15.9 Å². The van der Waals surface area contributed by atoms with Crippen molar-refractivity contribution >= 4 is 11.6 Å². The van der Waals surface area contributed by atoms with Crippen LogP contribution in [0.25, 0.3) is 0 Å². The van der Waals surface area contributed by atoms with Gasteiger partial charge in [0, 0.05) is 25.3 Å². The number of hydrogen-bond acceptors (Lipinski definition) is 4. The molecule has 0 aliphatic carbocycles. The van der Waals surface area contributed by atoms with Crippen LogP contribution in [0.5, 0.6) is 0 Å². The number of carbonyl (C=O) groups excluding carboxylic acids is 1. The first kappa shape index (κ1) is 13.0. The van der Waals surface area contributed by atoms with Crippen LogP contribution >= 0.6 is 0 Å². The highest BCUT2D eigenvalue weighted by Crippen LogP contribution is 2.17. The maximum Gasteiger partial charge on any atom is 0.304 e. The van der Waals surface area contributed by atoms with Crippen molar-refractivity contribution in [1.29, 1.82) is 0 Å². The summed E-state index contributed by atoms with van der Waals surface area (Å²) in [4.78, 5) is 21.0. The molecule has 1 amide bonds. The summed E-state index contributed by atoms with van der Waals surface area (Å²) in [5.41, 5.74) is -0.623. The number of nitrogens with zero attached hydrogens (tertiary/aromatic N) is 1. The van der Waals surface area contributed by atoms with E-state index < -0.39 is 22.3 Å². The molecule has 0 spiro atoms. The zero-order valence-corrected chi connectivity index (χ0v) is 9.10. The lowest BCUT2D eigenvalue weighted by molar-refractivity contribution is -0.387. The van der Waals surface area contributed by atoms with Gasteiger partial charge in [-0.2, -0.15) is 4.39 Å². The number of nitro groups is 1. The summed E-state index contributed by atoms with van der Waals surface area (Å²) < 4.78 is 17.9. The van der Waals surface area contributed by atoms with E-state index in [0.29, 0.717) is 6.61 Å². The van der Waals surface area contributed by atoms with Gasteiger partial charge in [0.25, 0.3) is 5.91 Å². The molecule has 0 saturated carbocycles. The van der Waals surface area contributed by atoms with Crippen molar-refractivity contribution in [3.8, 4) is 0 Å². The van der Waals surface area contributed by atoms with E-state index in [9.17, 15) is 19.3 Å². The quantitative estimate of drug-likeness (QED) is 0.476. The molecular formula is C10H11FN2O4. The molecule has 0 aliphatic heterocycles. The summed E-state index contributed by atoms with van der Waals surface area (Å²) in [6.07, 6.45) is 0. The predicted molar refractivity (Wildman–Crippen MR) is 57.3 cm³/mol. The Balaban J connectivity index is 2.76. The van der Waals surface area contributed by atoms with E-state index >= 15 is 0 Å². The molecule has 6 nitrogen and oxygen atoms in total. The average molecular weight is 242 g/mol. The summed E-state index contributed by atoms with van der Waals surface area (Å²) in [6, 6.07) is 2.99. The van der Waals surface area contributed by atoms with Gasteiger partial charge in [-0.1, -0.05) is 0 Å². The van der Waals surface area contributed by atoms with Crippen LogP contribution in [0.4, 0.5) is 10.1 Å². The molecule has 0 saturated heterocycles. The molecule has 0 radical (unpaired) electrons. The Kier molecular flexibility index (Phi) is 4.53. The Hall–Kier alpha value is -2.02. The zero-order chi connectivity index (χ0) is 12.8. The van der Waals surface area contributed by atoms with Gasteiger partial charge in [-0.15, -0.1) is 0 Å². The van der Waals surface area contributed by atoms with Crippen molar-refractivity contribution in [3.63, 3.8) is 0 Å². The summed E-state index contributed by atoms with van der Waals surface area (Å²) in [5.74, 6) is -1.54. The molecule has 1 rings (SSSR count). The number of amides is 1. The first-order chi connectivity index (χ1) is 8.06. The normalized spacial score (nSPS) is 10.0. The highest BCUT2D eigenvalue weighted by Gasteiger charge is 2.16. The summed E-state index contributed by atoms with van der Waals surface area (Å²) in [7, 11) is 1.48. The first-order valence-corrected chi connectivity index (χ1v) is 4.77. The third-order valence-electron chi connectivity index (χ3n) is 2.00. The number of carbonyl (C=O) groups is 1. The fraction of sp³-hybridized carbons (Fsp3) is 0.300. The fourth-order valence-electron chi connectivity index (χ4n) is 1.16. The smallest absolute Gasteiger partial charge is 0.304 e. The van der Waals surface area contributed by atoms with Gasteiger partial charge in [-0.3, -0.25) is 14.9 Å². The minimum absolute atomic E-state index is 0.0317. The molecule has 17 heavy (non-hydrogen) atoms. The minimum Gasteiger partial charge on any atom is -0.383 e. The van der Waals surface area contributed by atoms with Crippen LogP contribution in [0.15, 0.2) is 18.2 Å². The highest BCUT2D eigenvalue weighted by atomic mass is 19.1. The predicted octanol–water partition coefficient (Wildman–Crippen LogP) is 1.11. The molecule has 0 bridgehead atoms. The van der Waals surface area contributed by atoms with Crippen molar-refractivity contribution < 1.29 is 18.8 Å². The Morgan fingerprint density at radius 3 is 2.82 bits per heavy atom. The number of nitrogens with one attached hydrogen (secondary N) is 1. The average Bonchev–Trinajstić information content (AvgIpc) is 2.28. The van der Waals surface area contributed by atoms with Gasteiger partial charge in [0.2, 0.25) is 5.82 Å². The van der Waals surface area contributed by atoms with E-state index in [4.69, 9.17) is 4.74 Å². The Bertz CT molecular complexity index is 436. The molecule has 1 N–H and O–H groups in total. The van der Waals surface area contributed by atoms with Crippen molar-refractivity contribution in [2.24, 2.45) is 0 Å². The van der Waals surface area contributed by atoms with E-state index in [1.54, 1.807) is 0 Å². The molecular weight excluding hydrogens is 231 g/mol. The third-order valence-corrected chi connectivity index (χ3v) is 2.00. The summed E-state index contributed by atoms with van der Waals surface area (Å²) in [6.45, 7) is 0.620. The molecule has 0 aliphatic rings. The number of benzene rings is 1. The fourth-order valence-corrected chi connectivity index (χ4v) is 1.16. The Labute approximate surface area is 96.5 Å². The van der Waals surface area contributed by atoms with Crippen molar-refractivity contribution in [2.45, 2.75) is 0 Å². The molecule has 1 aromatic rings. The number of ether oxygens (including phenoxy) is 1. The van der Waals surface area contributed by atoms with Gasteiger partial charge in [-0.25, -0.2) is 0 Å². The van der Waals surface area contributed by atoms with Crippen molar-refractivity contribution in [2.75, 3.05) is 20.3 Å². The van der Waals surface area contributed by atoms with Crippen LogP contribution in [-0.4, -0.2) is 31.1 Å². The van der Waals surface area contributed by atoms with Crippen LogP contribution in [0.1, 0.15) is 10.4 Å². The number of halogens is 1. The van der Waals surface area contributed by atoms with Gasteiger partial charge in [-0.05, 0) is 12.1 Å². The van der Waals surface area contributed by atoms with E-state index in [0.717, 1.165) is 12.1 Å².